The van der Waals surface area contributed by atoms with Gasteiger partial charge in [0.1, 0.15) is 0 Å². The van der Waals surface area contributed by atoms with Crippen molar-refractivity contribution in [2.45, 2.75) is 19.3 Å². The summed E-state index contributed by atoms with van der Waals surface area (Å²) in [6.07, 6.45) is 3.04. The third kappa shape index (κ3) is 2.79. The first-order valence-electron chi connectivity index (χ1n) is 6.99. The number of hydrazone groups is 1. The number of aromatic carboxylic acids is 1. The van der Waals surface area contributed by atoms with Gasteiger partial charge in [-0.05, 0) is 37.0 Å². The summed E-state index contributed by atoms with van der Waals surface area (Å²) in [4.78, 5) is 11.2. The van der Waals surface area contributed by atoms with E-state index in [1.54, 1.807) is 24.3 Å². The second-order valence-corrected chi connectivity index (χ2v) is 5.03. The standard InChI is InChI=1S/C17H16N2O2/c20-17(21)14-9-3-4-10-16(14)19-18-15-11-5-7-12-6-1-2-8-13(12)15/h1-4,6,8-10,19H,5,7,11H2,(H,20,21)/b18-15+. The number of fused-ring (bicyclic) bond motifs is 1. The molecule has 0 aromatic heterocycles. The Morgan fingerprint density at radius 2 is 1.81 bits per heavy atom. The van der Waals surface area contributed by atoms with Gasteiger partial charge < -0.3 is 5.11 Å². The molecule has 0 heterocycles. The van der Waals surface area contributed by atoms with E-state index in [9.17, 15) is 9.90 Å². The van der Waals surface area contributed by atoms with Crippen LogP contribution in [-0.4, -0.2) is 16.8 Å². The predicted molar refractivity (Wildman–Crippen MR) is 82.9 cm³/mol. The number of aryl methyl sites for hydroxylation is 1. The van der Waals surface area contributed by atoms with E-state index in [0.717, 1.165) is 30.5 Å². The maximum atomic E-state index is 11.2. The number of carboxylic acid groups (broad SMARTS) is 1. The lowest BCUT2D eigenvalue weighted by atomic mass is 9.90. The molecule has 0 saturated carbocycles. The largest absolute Gasteiger partial charge is 0.478 e. The molecule has 3 rings (SSSR count). The Bertz CT molecular complexity index is 707. The highest BCUT2D eigenvalue weighted by Crippen LogP contribution is 2.22. The maximum Gasteiger partial charge on any atom is 0.337 e. The number of para-hydroxylation sites is 1. The van der Waals surface area contributed by atoms with Crippen molar-refractivity contribution in [3.8, 4) is 0 Å². The van der Waals surface area contributed by atoms with Gasteiger partial charge in [0, 0.05) is 5.56 Å². The van der Waals surface area contributed by atoms with Gasteiger partial charge in [-0.25, -0.2) is 4.79 Å². The zero-order chi connectivity index (χ0) is 14.7. The molecular formula is C17H16N2O2. The molecule has 106 valence electrons. The number of hydrogen-bond acceptors (Lipinski definition) is 3. The van der Waals surface area contributed by atoms with Crippen LogP contribution in [0.4, 0.5) is 5.69 Å². The highest BCUT2D eigenvalue weighted by Gasteiger charge is 2.15. The van der Waals surface area contributed by atoms with Gasteiger partial charge in [0.05, 0.1) is 17.0 Å². The van der Waals surface area contributed by atoms with Gasteiger partial charge in [0.15, 0.2) is 0 Å². The molecule has 1 aliphatic rings. The Kier molecular flexibility index (Phi) is 3.69. The van der Waals surface area contributed by atoms with E-state index >= 15 is 0 Å². The van der Waals surface area contributed by atoms with E-state index in [1.807, 2.05) is 12.1 Å². The minimum Gasteiger partial charge on any atom is -0.478 e. The van der Waals surface area contributed by atoms with Gasteiger partial charge in [-0.15, -0.1) is 0 Å². The van der Waals surface area contributed by atoms with Crippen molar-refractivity contribution in [2.75, 3.05) is 5.43 Å². The molecule has 0 unspecified atom stereocenters. The van der Waals surface area contributed by atoms with E-state index in [4.69, 9.17) is 0 Å². The van der Waals surface area contributed by atoms with Gasteiger partial charge in [-0.1, -0.05) is 36.4 Å². The molecule has 0 amide bonds. The number of nitrogens with one attached hydrogen (secondary N) is 1. The number of carbonyl (C=O) groups is 1. The third-order valence-electron chi connectivity index (χ3n) is 3.66. The SMILES string of the molecule is O=C(O)c1ccccc1N/N=C1\CCCc2ccccc21. The fourth-order valence-electron chi connectivity index (χ4n) is 2.61. The van der Waals surface area contributed by atoms with E-state index in [1.165, 1.54) is 5.56 Å². The molecule has 0 atom stereocenters. The second kappa shape index (κ2) is 5.79. The van der Waals surface area contributed by atoms with E-state index in [-0.39, 0.29) is 5.56 Å². The van der Waals surface area contributed by atoms with E-state index in [2.05, 4.69) is 22.7 Å². The summed E-state index contributed by atoms with van der Waals surface area (Å²) in [7, 11) is 0. The summed E-state index contributed by atoms with van der Waals surface area (Å²) in [6, 6.07) is 15.0. The zero-order valence-corrected chi connectivity index (χ0v) is 11.5. The van der Waals surface area contributed by atoms with Crippen LogP contribution in [0, 0.1) is 0 Å². The number of rotatable bonds is 3. The minimum absolute atomic E-state index is 0.228. The van der Waals surface area contributed by atoms with Crippen molar-refractivity contribution in [1.29, 1.82) is 0 Å². The van der Waals surface area contributed by atoms with Crippen LogP contribution in [0.1, 0.15) is 34.3 Å². The van der Waals surface area contributed by atoms with Gasteiger partial charge in [-0.2, -0.15) is 5.10 Å². The van der Waals surface area contributed by atoms with Crippen molar-refractivity contribution in [3.05, 3.63) is 65.2 Å². The van der Waals surface area contributed by atoms with Gasteiger partial charge in [0.25, 0.3) is 0 Å². The third-order valence-corrected chi connectivity index (χ3v) is 3.66. The van der Waals surface area contributed by atoms with Crippen LogP contribution in [-0.2, 0) is 6.42 Å². The number of anilines is 1. The molecule has 2 aromatic rings. The molecule has 2 N–H and O–H groups in total. The molecule has 0 aliphatic heterocycles. The molecule has 4 heteroatoms. The lowest BCUT2D eigenvalue weighted by Crippen LogP contribution is -2.13. The van der Waals surface area contributed by atoms with Crippen LogP contribution < -0.4 is 5.43 Å². The topological polar surface area (TPSA) is 61.7 Å². The first kappa shape index (κ1) is 13.4. The minimum atomic E-state index is -0.956. The average molecular weight is 280 g/mol. The molecular weight excluding hydrogens is 264 g/mol. The first-order valence-corrected chi connectivity index (χ1v) is 6.99. The van der Waals surface area contributed by atoms with Crippen molar-refractivity contribution in [3.63, 3.8) is 0 Å². The molecule has 2 aromatic carbocycles. The van der Waals surface area contributed by atoms with Crippen LogP contribution >= 0.6 is 0 Å². The highest BCUT2D eigenvalue weighted by atomic mass is 16.4. The first-order chi connectivity index (χ1) is 10.3. The molecule has 0 radical (unpaired) electrons. The number of carboxylic acids is 1. The Hall–Kier alpha value is -2.62. The number of benzene rings is 2. The van der Waals surface area contributed by atoms with E-state index in [0.29, 0.717) is 5.69 Å². The molecule has 4 nitrogen and oxygen atoms in total. The molecule has 0 spiro atoms. The molecule has 0 saturated heterocycles. The van der Waals surface area contributed by atoms with Crippen LogP contribution in [0.15, 0.2) is 53.6 Å². The van der Waals surface area contributed by atoms with Crippen LogP contribution in [0.3, 0.4) is 0 Å². The van der Waals surface area contributed by atoms with Gasteiger partial charge >= 0.3 is 5.97 Å². The lowest BCUT2D eigenvalue weighted by Gasteiger charge is -2.17. The van der Waals surface area contributed by atoms with Crippen molar-refractivity contribution in [1.82, 2.24) is 0 Å². The van der Waals surface area contributed by atoms with Crippen LogP contribution in [0.5, 0.6) is 0 Å². The van der Waals surface area contributed by atoms with Crippen molar-refractivity contribution >= 4 is 17.4 Å². The fraction of sp³-hybridized carbons (Fsp3) is 0.176. The summed E-state index contributed by atoms with van der Waals surface area (Å²) >= 11 is 0. The fourth-order valence-corrected chi connectivity index (χ4v) is 2.61. The average Bonchev–Trinajstić information content (AvgIpc) is 2.53. The molecule has 21 heavy (non-hydrogen) atoms. The summed E-state index contributed by atoms with van der Waals surface area (Å²) < 4.78 is 0. The van der Waals surface area contributed by atoms with Crippen molar-refractivity contribution < 1.29 is 9.90 Å². The highest BCUT2D eigenvalue weighted by molar-refractivity contribution is 6.03. The summed E-state index contributed by atoms with van der Waals surface area (Å²) in [5, 5.41) is 13.6. The molecule has 0 fully saturated rings. The Labute approximate surface area is 123 Å². The quantitative estimate of drug-likeness (QED) is 0.845. The van der Waals surface area contributed by atoms with Crippen LogP contribution in [0.25, 0.3) is 0 Å². The van der Waals surface area contributed by atoms with Crippen LogP contribution in [0.2, 0.25) is 0 Å². The molecule has 1 aliphatic carbocycles. The monoisotopic (exact) mass is 280 g/mol. The van der Waals surface area contributed by atoms with Crippen molar-refractivity contribution in [2.24, 2.45) is 5.10 Å². The Morgan fingerprint density at radius 3 is 2.67 bits per heavy atom. The second-order valence-electron chi connectivity index (χ2n) is 5.03. The van der Waals surface area contributed by atoms with Gasteiger partial charge in [-0.3, -0.25) is 5.43 Å². The lowest BCUT2D eigenvalue weighted by molar-refractivity contribution is 0.0698. The molecule has 0 bridgehead atoms. The number of hydrogen-bond donors (Lipinski definition) is 2. The number of nitrogens with zero attached hydrogens (tertiary/aromatic N) is 1. The summed E-state index contributed by atoms with van der Waals surface area (Å²) in [5.74, 6) is -0.956. The normalized spacial score (nSPS) is 15.5. The predicted octanol–water partition coefficient (Wildman–Crippen LogP) is 3.54. The van der Waals surface area contributed by atoms with Gasteiger partial charge in [0.2, 0.25) is 0 Å². The maximum absolute atomic E-state index is 11.2. The zero-order valence-electron chi connectivity index (χ0n) is 11.5. The van der Waals surface area contributed by atoms with E-state index < -0.39 is 5.97 Å². The smallest absolute Gasteiger partial charge is 0.337 e. The Balaban J connectivity index is 1.90. The Morgan fingerprint density at radius 1 is 1.05 bits per heavy atom. The summed E-state index contributed by atoms with van der Waals surface area (Å²) in [6.45, 7) is 0. The summed E-state index contributed by atoms with van der Waals surface area (Å²) in [5.41, 5.74) is 7.10.